The smallest absolute Gasteiger partial charge is 0.272 e. The number of nitrogens with one attached hydrogen (secondary N) is 2. The molecule has 3 aromatic rings. The quantitative estimate of drug-likeness (QED) is 0.749. The van der Waals surface area contributed by atoms with Crippen LogP contribution in [0, 0.1) is 0 Å². The monoisotopic (exact) mass is 349 g/mol. The van der Waals surface area contributed by atoms with Crippen molar-refractivity contribution < 1.29 is 4.79 Å². The molecule has 132 valence electrons. The van der Waals surface area contributed by atoms with Crippen LogP contribution in [0.4, 0.5) is 5.82 Å². The number of amides is 1. The molecule has 26 heavy (non-hydrogen) atoms. The van der Waals surface area contributed by atoms with Gasteiger partial charge in [0.05, 0.1) is 29.8 Å². The van der Waals surface area contributed by atoms with E-state index in [9.17, 15) is 4.79 Å². The van der Waals surface area contributed by atoms with Crippen molar-refractivity contribution in [2.24, 2.45) is 0 Å². The number of carbonyl (C=O) groups excluding carboxylic acids is 1. The summed E-state index contributed by atoms with van der Waals surface area (Å²) in [6.07, 6.45) is 8.63. The van der Waals surface area contributed by atoms with E-state index in [4.69, 9.17) is 0 Å². The van der Waals surface area contributed by atoms with Crippen molar-refractivity contribution in [3.05, 3.63) is 54.4 Å². The second kappa shape index (κ2) is 6.91. The summed E-state index contributed by atoms with van der Waals surface area (Å²) in [5.41, 5.74) is 2.84. The van der Waals surface area contributed by atoms with Crippen molar-refractivity contribution in [3.8, 4) is 11.3 Å². The maximum atomic E-state index is 13.0. The first-order chi connectivity index (χ1) is 12.8. The fourth-order valence-electron chi connectivity index (χ4n) is 3.23. The van der Waals surface area contributed by atoms with E-state index < -0.39 is 0 Å². The number of H-pyrrole nitrogens is 1. The molecule has 1 amide bonds. The SMILES string of the molecule is CNc1cncc([C@@H]2CCCN2C(=O)c2cc(-c3cccnc3)n[nH]2)n1. The number of aromatic amines is 1. The molecule has 1 saturated heterocycles. The van der Waals surface area contributed by atoms with Gasteiger partial charge in [-0.25, -0.2) is 4.98 Å². The lowest BCUT2D eigenvalue weighted by molar-refractivity contribution is 0.0726. The molecule has 2 N–H and O–H groups in total. The molecule has 1 fully saturated rings. The zero-order valence-corrected chi connectivity index (χ0v) is 14.4. The molecule has 4 rings (SSSR count). The van der Waals surface area contributed by atoms with Gasteiger partial charge in [0.2, 0.25) is 0 Å². The van der Waals surface area contributed by atoms with Gasteiger partial charge in [0.15, 0.2) is 0 Å². The normalized spacial score (nSPS) is 16.7. The van der Waals surface area contributed by atoms with E-state index in [1.54, 1.807) is 37.9 Å². The van der Waals surface area contributed by atoms with Crippen LogP contribution in [0.5, 0.6) is 0 Å². The first-order valence-electron chi connectivity index (χ1n) is 8.53. The lowest BCUT2D eigenvalue weighted by Crippen LogP contribution is -2.31. The third-order valence-electron chi connectivity index (χ3n) is 4.53. The predicted molar refractivity (Wildman–Crippen MR) is 96.4 cm³/mol. The number of rotatable bonds is 4. The van der Waals surface area contributed by atoms with E-state index in [-0.39, 0.29) is 11.9 Å². The molecule has 0 saturated carbocycles. The largest absolute Gasteiger partial charge is 0.372 e. The van der Waals surface area contributed by atoms with Gasteiger partial charge in [-0.2, -0.15) is 5.10 Å². The highest BCUT2D eigenvalue weighted by molar-refractivity contribution is 5.93. The topological polar surface area (TPSA) is 99.7 Å². The molecule has 8 heteroatoms. The van der Waals surface area contributed by atoms with Gasteiger partial charge in [0, 0.05) is 31.5 Å². The Morgan fingerprint density at radius 1 is 1.31 bits per heavy atom. The Hall–Kier alpha value is -3.29. The molecule has 0 bridgehead atoms. The average Bonchev–Trinajstić information content (AvgIpc) is 3.38. The van der Waals surface area contributed by atoms with Crippen LogP contribution >= 0.6 is 0 Å². The van der Waals surface area contributed by atoms with Crippen LogP contribution in [0.3, 0.4) is 0 Å². The van der Waals surface area contributed by atoms with E-state index in [1.807, 2.05) is 17.0 Å². The second-order valence-electron chi connectivity index (χ2n) is 6.14. The molecule has 3 aromatic heterocycles. The van der Waals surface area contributed by atoms with Crippen molar-refractivity contribution in [2.75, 3.05) is 18.9 Å². The highest BCUT2D eigenvalue weighted by atomic mass is 16.2. The zero-order valence-electron chi connectivity index (χ0n) is 14.4. The van der Waals surface area contributed by atoms with Crippen LogP contribution in [0.1, 0.15) is 35.1 Å². The summed E-state index contributed by atoms with van der Waals surface area (Å²) in [5.74, 6) is 0.619. The molecule has 0 aliphatic carbocycles. The zero-order chi connectivity index (χ0) is 17.9. The molecular weight excluding hydrogens is 330 g/mol. The van der Waals surface area contributed by atoms with Crippen molar-refractivity contribution in [3.63, 3.8) is 0 Å². The summed E-state index contributed by atoms with van der Waals surface area (Å²) in [5, 5.41) is 10.1. The third-order valence-corrected chi connectivity index (χ3v) is 4.53. The lowest BCUT2D eigenvalue weighted by atomic mass is 10.1. The van der Waals surface area contributed by atoms with E-state index in [2.05, 4.69) is 30.5 Å². The predicted octanol–water partition coefficient (Wildman–Crippen LogP) is 2.28. The van der Waals surface area contributed by atoms with Crippen LogP contribution in [-0.2, 0) is 0 Å². The number of hydrogen-bond acceptors (Lipinski definition) is 6. The molecule has 0 unspecified atom stereocenters. The van der Waals surface area contributed by atoms with Crippen LogP contribution < -0.4 is 5.32 Å². The highest BCUT2D eigenvalue weighted by Crippen LogP contribution is 2.32. The van der Waals surface area contributed by atoms with Crippen molar-refractivity contribution in [1.82, 2.24) is 30.0 Å². The summed E-state index contributed by atoms with van der Waals surface area (Å²) in [4.78, 5) is 27.7. The van der Waals surface area contributed by atoms with Gasteiger partial charge in [0.1, 0.15) is 11.5 Å². The minimum Gasteiger partial charge on any atom is -0.372 e. The Morgan fingerprint density at radius 2 is 2.23 bits per heavy atom. The molecule has 0 radical (unpaired) electrons. The van der Waals surface area contributed by atoms with E-state index in [1.165, 1.54) is 0 Å². The number of nitrogens with zero attached hydrogens (tertiary/aromatic N) is 5. The number of likely N-dealkylation sites (tertiary alicyclic amines) is 1. The minimum atomic E-state index is -0.0770. The molecule has 1 aliphatic heterocycles. The molecular formula is C18H19N7O. The molecule has 1 aliphatic rings. The summed E-state index contributed by atoms with van der Waals surface area (Å²) < 4.78 is 0. The molecule has 0 aromatic carbocycles. The Balaban J connectivity index is 1.58. The minimum absolute atomic E-state index is 0.0755. The van der Waals surface area contributed by atoms with Gasteiger partial charge < -0.3 is 10.2 Å². The maximum Gasteiger partial charge on any atom is 0.272 e. The summed E-state index contributed by atoms with van der Waals surface area (Å²) >= 11 is 0. The number of aromatic nitrogens is 5. The van der Waals surface area contributed by atoms with Crippen molar-refractivity contribution in [1.29, 1.82) is 0 Å². The van der Waals surface area contributed by atoms with Crippen LogP contribution in [0.15, 0.2) is 43.0 Å². The highest BCUT2D eigenvalue weighted by Gasteiger charge is 2.32. The van der Waals surface area contributed by atoms with Gasteiger partial charge >= 0.3 is 0 Å². The number of pyridine rings is 1. The first-order valence-corrected chi connectivity index (χ1v) is 8.53. The van der Waals surface area contributed by atoms with Crippen molar-refractivity contribution >= 4 is 11.7 Å². The summed E-state index contributed by atoms with van der Waals surface area (Å²) in [6.45, 7) is 0.691. The van der Waals surface area contributed by atoms with Crippen LogP contribution in [-0.4, -0.2) is 49.5 Å². The van der Waals surface area contributed by atoms with Gasteiger partial charge in [0.25, 0.3) is 5.91 Å². The lowest BCUT2D eigenvalue weighted by Gasteiger charge is -2.23. The fraction of sp³-hybridized carbons (Fsp3) is 0.278. The Morgan fingerprint density at radius 3 is 3.04 bits per heavy atom. The second-order valence-corrected chi connectivity index (χ2v) is 6.14. The molecule has 1 atom stereocenters. The number of anilines is 1. The Kier molecular flexibility index (Phi) is 4.30. The van der Waals surface area contributed by atoms with Crippen LogP contribution in [0.2, 0.25) is 0 Å². The van der Waals surface area contributed by atoms with E-state index >= 15 is 0 Å². The molecule has 0 spiro atoms. The van der Waals surface area contributed by atoms with Crippen molar-refractivity contribution in [2.45, 2.75) is 18.9 Å². The summed E-state index contributed by atoms with van der Waals surface area (Å²) in [6, 6.07) is 5.45. The number of carbonyl (C=O) groups is 1. The van der Waals surface area contributed by atoms with Crippen LogP contribution in [0.25, 0.3) is 11.3 Å². The Bertz CT molecular complexity index is 909. The van der Waals surface area contributed by atoms with Gasteiger partial charge in [-0.15, -0.1) is 0 Å². The first kappa shape index (κ1) is 16.2. The van der Waals surface area contributed by atoms with E-state index in [0.717, 1.165) is 24.1 Å². The van der Waals surface area contributed by atoms with Gasteiger partial charge in [-0.05, 0) is 31.0 Å². The fourth-order valence-corrected chi connectivity index (χ4v) is 3.23. The Labute approximate surface area is 150 Å². The average molecular weight is 349 g/mol. The standard InChI is InChI=1S/C18H19N7O/c1-19-17-11-21-10-15(22-17)16-5-3-7-25(16)18(26)14-8-13(23-24-14)12-4-2-6-20-9-12/h2,4,6,8-11,16H,3,5,7H2,1H3,(H,19,22)(H,23,24)/t16-/m0/s1. The summed E-state index contributed by atoms with van der Waals surface area (Å²) in [7, 11) is 1.80. The van der Waals surface area contributed by atoms with E-state index in [0.29, 0.717) is 23.8 Å². The maximum absolute atomic E-state index is 13.0. The number of hydrogen-bond donors (Lipinski definition) is 2. The third kappa shape index (κ3) is 3.01. The van der Waals surface area contributed by atoms with Gasteiger partial charge in [-0.3, -0.25) is 19.9 Å². The molecule has 8 nitrogen and oxygen atoms in total. The molecule has 4 heterocycles. The van der Waals surface area contributed by atoms with Gasteiger partial charge in [-0.1, -0.05) is 0 Å².